The Morgan fingerprint density at radius 1 is 1.00 bits per heavy atom. The van der Waals surface area contributed by atoms with Gasteiger partial charge in [-0.2, -0.15) is 0 Å². The number of amides is 3. The van der Waals surface area contributed by atoms with Crippen LogP contribution in [0.15, 0.2) is 65.2 Å². The molecule has 3 aromatic rings. The molecule has 8 nitrogen and oxygen atoms in total. The van der Waals surface area contributed by atoms with Gasteiger partial charge < -0.3 is 15.2 Å². The molecule has 1 aliphatic carbocycles. The molecular formula is C28H32N4O4. The van der Waals surface area contributed by atoms with Crippen molar-refractivity contribution in [1.82, 2.24) is 10.5 Å². The molecule has 1 aliphatic rings. The molecule has 0 spiro atoms. The maximum Gasteiger partial charge on any atom is 0.248 e. The third-order valence-electron chi connectivity index (χ3n) is 6.43. The zero-order chi connectivity index (χ0) is 25.5. The Morgan fingerprint density at radius 3 is 2.36 bits per heavy atom. The van der Waals surface area contributed by atoms with E-state index in [2.05, 4.69) is 15.8 Å². The first-order valence-electron chi connectivity index (χ1n) is 12.4. The molecule has 0 radical (unpaired) electrons. The van der Waals surface area contributed by atoms with Gasteiger partial charge in [0.1, 0.15) is 11.8 Å². The minimum absolute atomic E-state index is 0.0567. The summed E-state index contributed by atoms with van der Waals surface area (Å²) in [5, 5.41) is 9.58. The van der Waals surface area contributed by atoms with E-state index in [0.29, 0.717) is 22.8 Å². The van der Waals surface area contributed by atoms with Gasteiger partial charge in [-0.1, -0.05) is 66.5 Å². The van der Waals surface area contributed by atoms with Gasteiger partial charge in [-0.05, 0) is 43.9 Å². The SMILES string of the molecule is Cc1cc(NC(=O)CCC(=O)N(c2ccccc2C)[C@H](C(=O)NC2CCCC2)c2ccccc2)no1. The lowest BCUT2D eigenvalue weighted by atomic mass is 10.0. The van der Waals surface area contributed by atoms with Gasteiger partial charge in [0.15, 0.2) is 5.82 Å². The molecule has 4 rings (SSSR count). The Balaban J connectivity index is 1.61. The smallest absolute Gasteiger partial charge is 0.248 e. The predicted molar refractivity (Wildman–Crippen MR) is 137 cm³/mol. The highest BCUT2D eigenvalue weighted by molar-refractivity contribution is 6.03. The van der Waals surface area contributed by atoms with Crippen molar-refractivity contribution in [1.29, 1.82) is 0 Å². The number of rotatable bonds is 9. The van der Waals surface area contributed by atoms with Gasteiger partial charge in [0.05, 0.1) is 0 Å². The summed E-state index contributed by atoms with van der Waals surface area (Å²) in [6.07, 6.45) is 3.92. The summed E-state index contributed by atoms with van der Waals surface area (Å²) in [7, 11) is 0. The summed E-state index contributed by atoms with van der Waals surface area (Å²) in [5.74, 6) is -0.00335. The van der Waals surface area contributed by atoms with Gasteiger partial charge in [0.25, 0.3) is 0 Å². The lowest BCUT2D eigenvalue weighted by molar-refractivity contribution is -0.127. The molecule has 0 aliphatic heterocycles. The van der Waals surface area contributed by atoms with Gasteiger partial charge in [-0.3, -0.25) is 19.3 Å². The van der Waals surface area contributed by atoms with Crippen LogP contribution in [0.5, 0.6) is 0 Å². The van der Waals surface area contributed by atoms with Crippen molar-refractivity contribution in [2.24, 2.45) is 0 Å². The summed E-state index contributed by atoms with van der Waals surface area (Å²) < 4.78 is 4.98. The van der Waals surface area contributed by atoms with E-state index in [1.165, 1.54) is 0 Å². The fourth-order valence-corrected chi connectivity index (χ4v) is 4.63. The molecule has 0 saturated heterocycles. The first kappa shape index (κ1) is 25.2. The predicted octanol–water partition coefficient (Wildman–Crippen LogP) is 4.84. The lowest BCUT2D eigenvalue weighted by Crippen LogP contribution is -2.46. The number of carbonyl (C=O) groups is 3. The van der Waals surface area contributed by atoms with Crippen LogP contribution >= 0.6 is 0 Å². The van der Waals surface area contributed by atoms with Crippen LogP contribution < -0.4 is 15.5 Å². The molecule has 2 aromatic carbocycles. The molecule has 36 heavy (non-hydrogen) atoms. The summed E-state index contributed by atoms with van der Waals surface area (Å²) in [6.45, 7) is 3.64. The minimum atomic E-state index is -0.860. The second-order valence-corrected chi connectivity index (χ2v) is 9.22. The first-order valence-corrected chi connectivity index (χ1v) is 12.4. The van der Waals surface area contributed by atoms with E-state index in [1.54, 1.807) is 17.9 Å². The molecule has 3 amide bonds. The Bertz CT molecular complexity index is 1200. The van der Waals surface area contributed by atoms with E-state index in [9.17, 15) is 14.4 Å². The molecule has 2 N–H and O–H groups in total. The molecule has 1 atom stereocenters. The zero-order valence-electron chi connectivity index (χ0n) is 20.7. The molecule has 0 unspecified atom stereocenters. The van der Waals surface area contributed by atoms with Crippen LogP contribution in [0.25, 0.3) is 0 Å². The molecule has 8 heteroatoms. The maximum absolute atomic E-state index is 13.7. The number of benzene rings is 2. The molecule has 188 valence electrons. The second kappa shape index (κ2) is 11.7. The number of carbonyl (C=O) groups excluding carboxylic acids is 3. The van der Waals surface area contributed by atoms with Crippen molar-refractivity contribution in [3.8, 4) is 0 Å². The van der Waals surface area contributed by atoms with Crippen LogP contribution in [0.1, 0.15) is 61.5 Å². The summed E-state index contributed by atoms with van der Waals surface area (Å²) in [4.78, 5) is 41.5. The standard InChI is InChI=1S/C28H32N4O4/c1-19-10-6-9-15-23(19)32(26(34)17-16-25(33)30-24-18-20(2)36-31-24)27(21-11-4-3-5-12-21)28(35)29-22-13-7-8-14-22/h3-6,9-12,15,18,22,27H,7-8,13-14,16-17H2,1-2H3,(H,29,35)(H,30,31,33)/t27-/m0/s1. The number of hydrogen-bond donors (Lipinski definition) is 2. The summed E-state index contributed by atoms with van der Waals surface area (Å²) in [6, 6.07) is 17.7. The van der Waals surface area contributed by atoms with E-state index >= 15 is 0 Å². The average molecular weight is 489 g/mol. The second-order valence-electron chi connectivity index (χ2n) is 9.22. The number of aromatic nitrogens is 1. The van der Waals surface area contributed by atoms with Crippen LogP contribution in [0.2, 0.25) is 0 Å². The molecule has 1 fully saturated rings. The van der Waals surface area contributed by atoms with E-state index in [1.807, 2.05) is 61.5 Å². The Labute approximate surface area is 211 Å². The first-order chi connectivity index (χ1) is 17.4. The van der Waals surface area contributed by atoms with Gasteiger partial charge in [-0.25, -0.2) is 0 Å². The van der Waals surface area contributed by atoms with Crippen LogP contribution in [-0.2, 0) is 14.4 Å². The minimum Gasteiger partial charge on any atom is -0.360 e. The Morgan fingerprint density at radius 2 is 1.69 bits per heavy atom. The Kier molecular flexibility index (Phi) is 8.15. The van der Waals surface area contributed by atoms with Crippen molar-refractivity contribution >= 4 is 29.2 Å². The number of anilines is 2. The molecular weight excluding hydrogens is 456 g/mol. The van der Waals surface area contributed by atoms with Crippen molar-refractivity contribution in [2.75, 3.05) is 10.2 Å². The highest BCUT2D eigenvalue weighted by Gasteiger charge is 2.34. The third kappa shape index (κ3) is 6.19. The van der Waals surface area contributed by atoms with Crippen LogP contribution in [0.3, 0.4) is 0 Å². The van der Waals surface area contributed by atoms with Crippen LogP contribution in [0.4, 0.5) is 11.5 Å². The molecule has 1 aromatic heterocycles. The normalized spacial score (nSPS) is 14.3. The number of aryl methyl sites for hydroxylation is 2. The van der Waals surface area contributed by atoms with E-state index in [-0.39, 0.29) is 36.6 Å². The van der Waals surface area contributed by atoms with Crippen molar-refractivity contribution in [3.63, 3.8) is 0 Å². The number of nitrogens with one attached hydrogen (secondary N) is 2. The summed E-state index contributed by atoms with van der Waals surface area (Å²) >= 11 is 0. The fourth-order valence-electron chi connectivity index (χ4n) is 4.63. The van der Waals surface area contributed by atoms with Crippen LogP contribution in [-0.4, -0.2) is 28.9 Å². The number of para-hydroxylation sites is 1. The van der Waals surface area contributed by atoms with E-state index in [0.717, 1.165) is 31.2 Å². The van der Waals surface area contributed by atoms with Crippen LogP contribution in [0, 0.1) is 13.8 Å². The highest BCUT2D eigenvalue weighted by Crippen LogP contribution is 2.32. The Hall–Kier alpha value is -3.94. The molecule has 0 bridgehead atoms. The molecule has 1 heterocycles. The number of nitrogens with zero attached hydrogens (tertiary/aromatic N) is 2. The van der Waals surface area contributed by atoms with Gasteiger partial charge in [0, 0.05) is 30.6 Å². The average Bonchev–Trinajstić information content (AvgIpc) is 3.53. The van der Waals surface area contributed by atoms with E-state index < -0.39 is 6.04 Å². The monoisotopic (exact) mass is 488 g/mol. The molecule has 1 saturated carbocycles. The van der Waals surface area contributed by atoms with Crippen molar-refractivity contribution in [3.05, 3.63) is 77.6 Å². The van der Waals surface area contributed by atoms with Gasteiger partial charge >= 0.3 is 0 Å². The zero-order valence-corrected chi connectivity index (χ0v) is 20.7. The van der Waals surface area contributed by atoms with Crippen molar-refractivity contribution in [2.45, 2.75) is 64.5 Å². The van der Waals surface area contributed by atoms with E-state index in [4.69, 9.17) is 4.52 Å². The topological polar surface area (TPSA) is 105 Å². The number of hydrogen-bond acceptors (Lipinski definition) is 5. The van der Waals surface area contributed by atoms with Crippen molar-refractivity contribution < 1.29 is 18.9 Å². The maximum atomic E-state index is 13.7. The third-order valence-corrected chi connectivity index (χ3v) is 6.43. The lowest BCUT2D eigenvalue weighted by Gasteiger charge is -2.33. The van der Waals surface area contributed by atoms with Gasteiger partial charge in [-0.15, -0.1) is 0 Å². The quantitative estimate of drug-likeness (QED) is 0.448. The largest absolute Gasteiger partial charge is 0.360 e. The highest BCUT2D eigenvalue weighted by atomic mass is 16.5. The summed E-state index contributed by atoms with van der Waals surface area (Å²) in [5.41, 5.74) is 2.22. The fraction of sp³-hybridized carbons (Fsp3) is 0.357. The van der Waals surface area contributed by atoms with Gasteiger partial charge in [0.2, 0.25) is 17.7 Å².